The highest BCUT2D eigenvalue weighted by Crippen LogP contribution is 2.31. The van der Waals surface area contributed by atoms with Crippen molar-refractivity contribution >= 4 is 39.0 Å². The zero-order chi connectivity index (χ0) is 18.8. The highest BCUT2D eigenvalue weighted by atomic mass is 35.5. The van der Waals surface area contributed by atoms with Crippen LogP contribution < -0.4 is 4.31 Å². The van der Waals surface area contributed by atoms with Crippen molar-refractivity contribution in [2.24, 2.45) is 0 Å². The summed E-state index contributed by atoms with van der Waals surface area (Å²) in [5.74, 6) is -1.41. The second-order valence-corrected chi connectivity index (χ2v) is 7.30. The van der Waals surface area contributed by atoms with Crippen LogP contribution in [0.1, 0.15) is 5.56 Å². The summed E-state index contributed by atoms with van der Waals surface area (Å²) in [7, 11) is -4.49. The molecule has 0 atom stereocenters. The fourth-order valence-electron chi connectivity index (χ4n) is 2.17. The van der Waals surface area contributed by atoms with Crippen molar-refractivity contribution in [2.75, 3.05) is 10.8 Å². The van der Waals surface area contributed by atoms with E-state index in [-0.39, 0.29) is 5.69 Å². The van der Waals surface area contributed by atoms with Gasteiger partial charge in [-0.2, -0.15) is 0 Å². The molecule has 0 radical (unpaired) electrons. The summed E-state index contributed by atoms with van der Waals surface area (Å²) >= 11 is 5.92. The second kappa shape index (κ2) is 7.08. The van der Waals surface area contributed by atoms with Gasteiger partial charge in [0.15, 0.2) is 4.90 Å². The molecule has 0 amide bonds. The van der Waals surface area contributed by atoms with Crippen LogP contribution in [0.5, 0.6) is 0 Å². The Morgan fingerprint density at radius 3 is 2.48 bits per heavy atom. The Bertz CT molecular complexity index is 945. The average molecular weight is 385 g/mol. The van der Waals surface area contributed by atoms with Gasteiger partial charge in [0.2, 0.25) is 0 Å². The van der Waals surface area contributed by atoms with Gasteiger partial charge < -0.3 is 5.11 Å². The standard InChI is InChI=1S/C15H13ClN2O6S/c1-10-8-11(6-7-12(10)16)17(9-15(19)20)25(23,24)14-5-3-2-4-13(14)18(21)22/h2-8H,9H2,1H3,(H,19,20). The topological polar surface area (TPSA) is 118 Å². The molecule has 0 spiro atoms. The van der Waals surface area contributed by atoms with Gasteiger partial charge in [-0.3, -0.25) is 19.2 Å². The Labute approximate surface area is 148 Å². The maximum atomic E-state index is 12.9. The van der Waals surface area contributed by atoms with Crippen molar-refractivity contribution in [3.8, 4) is 0 Å². The molecule has 2 rings (SSSR count). The van der Waals surface area contributed by atoms with Gasteiger partial charge in [-0.15, -0.1) is 0 Å². The molecule has 0 bridgehead atoms. The molecule has 0 aliphatic rings. The van der Waals surface area contributed by atoms with Gasteiger partial charge in [-0.25, -0.2) is 8.42 Å². The molecule has 0 saturated heterocycles. The van der Waals surface area contributed by atoms with Crippen LogP contribution in [-0.4, -0.2) is 31.0 Å². The fourth-order valence-corrected chi connectivity index (χ4v) is 3.85. The number of carboxylic acids is 1. The Kier molecular flexibility index (Phi) is 5.29. The first-order valence-corrected chi connectivity index (χ1v) is 8.70. The lowest BCUT2D eigenvalue weighted by Crippen LogP contribution is -2.36. The molecule has 0 aliphatic heterocycles. The van der Waals surface area contributed by atoms with Crippen LogP contribution in [0.2, 0.25) is 5.02 Å². The van der Waals surface area contributed by atoms with Gasteiger partial charge in [0, 0.05) is 11.1 Å². The molecule has 132 valence electrons. The monoisotopic (exact) mass is 384 g/mol. The third kappa shape index (κ3) is 3.89. The Hall–Kier alpha value is -2.65. The van der Waals surface area contributed by atoms with E-state index in [1.165, 1.54) is 30.3 Å². The number of hydrogen-bond donors (Lipinski definition) is 1. The summed E-state index contributed by atoms with van der Waals surface area (Å²) in [6.45, 7) is 0.734. The van der Waals surface area contributed by atoms with Gasteiger partial charge in [-0.05, 0) is 36.8 Å². The maximum Gasteiger partial charge on any atom is 0.324 e. The number of rotatable bonds is 6. The summed E-state index contributed by atoms with van der Waals surface area (Å²) in [6, 6.07) is 8.92. The lowest BCUT2D eigenvalue weighted by atomic mass is 10.2. The van der Waals surface area contributed by atoms with Crippen LogP contribution in [0.25, 0.3) is 0 Å². The summed E-state index contributed by atoms with van der Waals surface area (Å²) in [5, 5.41) is 20.6. The first-order valence-electron chi connectivity index (χ1n) is 6.88. The SMILES string of the molecule is Cc1cc(N(CC(=O)O)S(=O)(=O)c2ccccc2[N+](=O)[O-])ccc1Cl. The van der Waals surface area contributed by atoms with Crippen LogP contribution in [0.4, 0.5) is 11.4 Å². The smallest absolute Gasteiger partial charge is 0.324 e. The van der Waals surface area contributed by atoms with Crippen molar-refractivity contribution in [3.05, 3.63) is 63.2 Å². The Morgan fingerprint density at radius 1 is 1.28 bits per heavy atom. The molecular formula is C15H13ClN2O6S. The van der Waals surface area contributed by atoms with Crippen LogP contribution in [-0.2, 0) is 14.8 Å². The number of nitro benzene ring substituents is 1. The van der Waals surface area contributed by atoms with E-state index in [2.05, 4.69) is 0 Å². The van der Waals surface area contributed by atoms with Crippen molar-refractivity contribution in [1.29, 1.82) is 0 Å². The van der Waals surface area contributed by atoms with Crippen molar-refractivity contribution < 1.29 is 23.2 Å². The first-order chi connectivity index (χ1) is 11.6. The quantitative estimate of drug-likeness (QED) is 0.604. The molecule has 1 N–H and O–H groups in total. The van der Waals surface area contributed by atoms with E-state index < -0.39 is 38.0 Å². The highest BCUT2D eigenvalue weighted by Gasteiger charge is 2.33. The van der Waals surface area contributed by atoms with Gasteiger partial charge in [0.25, 0.3) is 15.7 Å². The van der Waals surface area contributed by atoms with E-state index in [1.807, 2.05) is 0 Å². The minimum absolute atomic E-state index is 0.0439. The molecule has 2 aromatic carbocycles. The summed E-state index contributed by atoms with van der Waals surface area (Å²) < 4.78 is 26.4. The van der Waals surface area contributed by atoms with E-state index in [1.54, 1.807) is 6.92 Å². The van der Waals surface area contributed by atoms with E-state index >= 15 is 0 Å². The van der Waals surface area contributed by atoms with E-state index in [0.717, 1.165) is 12.1 Å². The van der Waals surface area contributed by atoms with Crippen LogP contribution in [0.15, 0.2) is 47.4 Å². The number of sulfonamides is 1. The molecule has 0 unspecified atom stereocenters. The predicted molar refractivity (Wildman–Crippen MR) is 91.5 cm³/mol. The molecule has 8 nitrogen and oxygen atoms in total. The normalized spacial score (nSPS) is 11.1. The fraction of sp³-hybridized carbons (Fsp3) is 0.133. The number of para-hydroxylation sites is 1. The second-order valence-electron chi connectivity index (χ2n) is 5.06. The average Bonchev–Trinajstić information content (AvgIpc) is 2.55. The zero-order valence-electron chi connectivity index (χ0n) is 12.9. The Balaban J connectivity index is 2.67. The number of nitrogens with zero attached hydrogens (tertiary/aromatic N) is 2. The number of carbonyl (C=O) groups is 1. The third-order valence-electron chi connectivity index (χ3n) is 3.34. The highest BCUT2D eigenvalue weighted by molar-refractivity contribution is 7.93. The number of halogens is 1. The summed E-state index contributed by atoms with van der Waals surface area (Å²) in [5.41, 5.74) is -0.0571. The van der Waals surface area contributed by atoms with Crippen molar-refractivity contribution in [3.63, 3.8) is 0 Å². The van der Waals surface area contributed by atoms with Gasteiger partial charge in [-0.1, -0.05) is 23.7 Å². The van der Waals surface area contributed by atoms with Crippen molar-refractivity contribution in [1.82, 2.24) is 0 Å². The van der Waals surface area contributed by atoms with Gasteiger partial charge >= 0.3 is 5.97 Å². The van der Waals surface area contributed by atoms with Gasteiger partial charge in [0.05, 0.1) is 10.6 Å². The lowest BCUT2D eigenvalue weighted by molar-refractivity contribution is -0.387. The molecule has 25 heavy (non-hydrogen) atoms. The summed E-state index contributed by atoms with van der Waals surface area (Å²) in [4.78, 5) is 20.9. The predicted octanol–water partition coefficient (Wildman–Crippen LogP) is 2.84. The number of aryl methyl sites for hydroxylation is 1. The molecular weight excluding hydrogens is 372 g/mol. The van der Waals surface area contributed by atoms with E-state index in [9.17, 15) is 23.3 Å². The molecule has 0 aliphatic carbocycles. The Morgan fingerprint density at radius 2 is 1.92 bits per heavy atom. The maximum absolute atomic E-state index is 12.9. The largest absolute Gasteiger partial charge is 0.480 e. The lowest BCUT2D eigenvalue weighted by Gasteiger charge is -2.23. The molecule has 0 aromatic heterocycles. The molecule has 0 heterocycles. The number of benzene rings is 2. The van der Waals surface area contributed by atoms with E-state index in [4.69, 9.17) is 16.7 Å². The summed E-state index contributed by atoms with van der Waals surface area (Å²) in [6.07, 6.45) is 0. The molecule has 10 heteroatoms. The number of anilines is 1. The van der Waals surface area contributed by atoms with E-state index in [0.29, 0.717) is 14.9 Å². The number of carboxylic acid groups (broad SMARTS) is 1. The van der Waals surface area contributed by atoms with Crippen LogP contribution in [0.3, 0.4) is 0 Å². The first kappa shape index (κ1) is 18.7. The zero-order valence-corrected chi connectivity index (χ0v) is 14.5. The number of nitro groups is 1. The van der Waals surface area contributed by atoms with Crippen molar-refractivity contribution in [2.45, 2.75) is 11.8 Å². The van der Waals surface area contributed by atoms with Gasteiger partial charge in [0.1, 0.15) is 6.54 Å². The minimum atomic E-state index is -4.49. The third-order valence-corrected chi connectivity index (χ3v) is 5.58. The van der Waals surface area contributed by atoms with Crippen LogP contribution in [0, 0.1) is 17.0 Å². The molecule has 0 saturated carbocycles. The molecule has 0 fully saturated rings. The number of aliphatic carboxylic acids is 1. The number of hydrogen-bond acceptors (Lipinski definition) is 5. The minimum Gasteiger partial charge on any atom is -0.480 e. The molecule has 2 aromatic rings. The van der Waals surface area contributed by atoms with Crippen LogP contribution >= 0.6 is 11.6 Å².